The molecule has 1 N–H and O–H groups in total. The summed E-state index contributed by atoms with van der Waals surface area (Å²) in [5.41, 5.74) is 0.534. The summed E-state index contributed by atoms with van der Waals surface area (Å²) >= 11 is 11.9. The Labute approximate surface area is 111 Å². The Morgan fingerprint density at radius 2 is 2.18 bits per heavy atom. The molecule has 2 rings (SSSR count). The third kappa shape index (κ3) is 3.21. The van der Waals surface area contributed by atoms with Gasteiger partial charge >= 0.3 is 0 Å². The molecular weight excluding hydrogens is 257 g/mol. The number of hydrogen-bond acceptors (Lipinski definition) is 2. The van der Waals surface area contributed by atoms with Crippen molar-refractivity contribution >= 4 is 29.0 Å². The number of nitrogens with one attached hydrogen (secondary N) is 1. The number of rotatable bonds is 3. The van der Waals surface area contributed by atoms with Crippen molar-refractivity contribution in [2.75, 3.05) is 6.54 Å². The minimum absolute atomic E-state index is 0.0666. The first-order chi connectivity index (χ1) is 8.18. The molecule has 1 heterocycles. The van der Waals surface area contributed by atoms with E-state index in [0.29, 0.717) is 22.0 Å². The van der Waals surface area contributed by atoms with Crippen LogP contribution in [-0.2, 0) is 0 Å². The van der Waals surface area contributed by atoms with E-state index in [-0.39, 0.29) is 11.8 Å². The van der Waals surface area contributed by atoms with Gasteiger partial charge in [-0.25, -0.2) is 0 Å². The molecule has 0 saturated carbocycles. The van der Waals surface area contributed by atoms with E-state index < -0.39 is 0 Å². The Morgan fingerprint density at radius 3 is 2.88 bits per heavy atom. The zero-order valence-electron chi connectivity index (χ0n) is 9.51. The van der Waals surface area contributed by atoms with Crippen molar-refractivity contribution in [1.82, 2.24) is 5.32 Å². The van der Waals surface area contributed by atoms with Crippen molar-refractivity contribution in [1.29, 1.82) is 0 Å². The van der Waals surface area contributed by atoms with E-state index in [4.69, 9.17) is 23.2 Å². The molecular formula is C13H15Cl2NO. The second-order valence-corrected chi connectivity index (χ2v) is 5.16. The average molecular weight is 272 g/mol. The van der Waals surface area contributed by atoms with Gasteiger partial charge in [0, 0.05) is 18.0 Å². The molecule has 0 amide bonds. The molecule has 17 heavy (non-hydrogen) atoms. The molecule has 1 unspecified atom stereocenters. The van der Waals surface area contributed by atoms with E-state index in [0.717, 1.165) is 13.0 Å². The number of carbonyl (C=O) groups is 1. The molecule has 1 aliphatic rings. The predicted octanol–water partition coefficient (Wildman–Crippen LogP) is 3.71. The van der Waals surface area contributed by atoms with Crippen LogP contribution in [0.5, 0.6) is 0 Å². The topological polar surface area (TPSA) is 29.1 Å². The van der Waals surface area contributed by atoms with Gasteiger partial charge in [0.25, 0.3) is 0 Å². The van der Waals surface area contributed by atoms with E-state index >= 15 is 0 Å². The lowest BCUT2D eigenvalue weighted by Crippen LogP contribution is -2.35. The van der Waals surface area contributed by atoms with E-state index in [1.807, 2.05) is 0 Å². The number of halogens is 2. The van der Waals surface area contributed by atoms with Crippen molar-refractivity contribution in [3.63, 3.8) is 0 Å². The molecule has 0 spiro atoms. The summed E-state index contributed by atoms with van der Waals surface area (Å²) in [6.45, 7) is 1.00. The van der Waals surface area contributed by atoms with Crippen molar-refractivity contribution in [2.24, 2.45) is 0 Å². The molecule has 0 radical (unpaired) electrons. The maximum atomic E-state index is 12.1. The summed E-state index contributed by atoms with van der Waals surface area (Å²) < 4.78 is 0. The second-order valence-electron chi connectivity index (χ2n) is 4.38. The maximum absolute atomic E-state index is 12.1. The van der Waals surface area contributed by atoms with Crippen LogP contribution in [0.25, 0.3) is 0 Å². The fourth-order valence-electron chi connectivity index (χ4n) is 2.15. The van der Waals surface area contributed by atoms with E-state index in [2.05, 4.69) is 5.32 Å². The molecule has 0 aliphatic carbocycles. The highest BCUT2D eigenvalue weighted by atomic mass is 35.5. The van der Waals surface area contributed by atoms with Crippen LogP contribution in [-0.4, -0.2) is 18.4 Å². The van der Waals surface area contributed by atoms with Crippen molar-refractivity contribution < 1.29 is 4.79 Å². The van der Waals surface area contributed by atoms with Crippen molar-refractivity contribution in [2.45, 2.75) is 31.7 Å². The molecule has 1 aliphatic heterocycles. The van der Waals surface area contributed by atoms with Gasteiger partial charge in [0.05, 0.1) is 10.0 Å². The van der Waals surface area contributed by atoms with Gasteiger partial charge in [-0.15, -0.1) is 0 Å². The van der Waals surface area contributed by atoms with Gasteiger partial charge in [0.15, 0.2) is 5.78 Å². The largest absolute Gasteiger partial charge is 0.314 e. The van der Waals surface area contributed by atoms with Crippen LogP contribution in [0, 0.1) is 0 Å². The van der Waals surface area contributed by atoms with Crippen LogP contribution < -0.4 is 5.32 Å². The minimum atomic E-state index is 0.0666. The summed E-state index contributed by atoms with van der Waals surface area (Å²) in [4.78, 5) is 12.1. The summed E-state index contributed by atoms with van der Waals surface area (Å²) in [6.07, 6.45) is 3.95. The number of Topliss-reactive ketones (excluding diaryl/α,β-unsaturated/α-hetero) is 1. The fraction of sp³-hybridized carbons (Fsp3) is 0.462. The van der Waals surface area contributed by atoms with Crippen LogP contribution in [0.1, 0.15) is 36.0 Å². The minimum Gasteiger partial charge on any atom is -0.314 e. The van der Waals surface area contributed by atoms with Crippen LogP contribution >= 0.6 is 23.2 Å². The Hall–Kier alpha value is -0.570. The molecule has 1 aromatic rings. The first-order valence-corrected chi connectivity index (χ1v) is 6.64. The molecule has 0 bridgehead atoms. The van der Waals surface area contributed by atoms with Crippen LogP contribution in [0.15, 0.2) is 18.2 Å². The van der Waals surface area contributed by atoms with E-state index in [9.17, 15) is 4.79 Å². The predicted molar refractivity (Wildman–Crippen MR) is 71.1 cm³/mol. The van der Waals surface area contributed by atoms with Crippen LogP contribution in [0.3, 0.4) is 0 Å². The zero-order chi connectivity index (χ0) is 12.3. The number of hydrogen-bond donors (Lipinski definition) is 1. The molecule has 0 aromatic heterocycles. The number of ketones is 1. The van der Waals surface area contributed by atoms with Gasteiger partial charge in [-0.05, 0) is 31.5 Å². The fourth-order valence-corrected chi connectivity index (χ4v) is 2.56. The first kappa shape index (κ1) is 12.9. The van der Waals surface area contributed by atoms with Gasteiger partial charge < -0.3 is 5.32 Å². The number of benzene rings is 1. The number of piperidine rings is 1. The molecule has 1 fully saturated rings. The molecule has 1 saturated heterocycles. The zero-order valence-corrected chi connectivity index (χ0v) is 11.0. The monoisotopic (exact) mass is 271 g/mol. The maximum Gasteiger partial charge on any atom is 0.165 e. The molecule has 2 nitrogen and oxygen atoms in total. The normalized spacial score (nSPS) is 20.2. The molecule has 92 valence electrons. The van der Waals surface area contributed by atoms with E-state index in [1.165, 1.54) is 12.8 Å². The molecule has 4 heteroatoms. The Morgan fingerprint density at radius 1 is 1.35 bits per heavy atom. The quantitative estimate of drug-likeness (QED) is 0.850. The van der Waals surface area contributed by atoms with Gasteiger partial charge in [0.2, 0.25) is 0 Å². The molecule has 1 atom stereocenters. The smallest absolute Gasteiger partial charge is 0.165 e. The lowest BCUT2D eigenvalue weighted by molar-refractivity contribution is 0.0964. The summed E-state index contributed by atoms with van der Waals surface area (Å²) in [5.74, 6) is 0.0666. The second kappa shape index (κ2) is 5.85. The van der Waals surface area contributed by atoms with Crippen molar-refractivity contribution in [3.05, 3.63) is 33.8 Å². The third-order valence-electron chi connectivity index (χ3n) is 3.10. The molecule has 1 aromatic carbocycles. The standard InChI is InChI=1S/C13H15Cl2NO/c14-11-6-3-5-10(13(11)15)12(17)8-9-4-1-2-7-16-9/h3,5-6,9,16H,1-2,4,7-8H2. The van der Waals surface area contributed by atoms with Gasteiger partial charge in [0.1, 0.15) is 0 Å². The summed E-state index contributed by atoms with van der Waals surface area (Å²) in [5, 5.41) is 4.17. The van der Waals surface area contributed by atoms with Gasteiger partial charge in [-0.3, -0.25) is 4.79 Å². The average Bonchev–Trinajstić information content (AvgIpc) is 2.34. The first-order valence-electron chi connectivity index (χ1n) is 5.89. The number of carbonyl (C=O) groups excluding carboxylic acids is 1. The van der Waals surface area contributed by atoms with Crippen LogP contribution in [0.2, 0.25) is 10.0 Å². The van der Waals surface area contributed by atoms with Crippen LogP contribution in [0.4, 0.5) is 0 Å². The van der Waals surface area contributed by atoms with Gasteiger partial charge in [-0.1, -0.05) is 35.7 Å². The third-order valence-corrected chi connectivity index (χ3v) is 3.92. The highest BCUT2D eigenvalue weighted by Gasteiger charge is 2.19. The highest BCUT2D eigenvalue weighted by Crippen LogP contribution is 2.27. The van der Waals surface area contributed by atoms with E-state index in [1.54, 1.807) is 18.2 Å². The van der Waals surface area contributed by atoms with Crippen molar-refractivity contribution in [3.8, 4) is 0 Å². The summed E-state index contributed by atoms with van der Waals surface area (Å²) in [6, 6.07) is 5.47. The Kier molecular flexibility index (Phi) is 4.43. The van der Waals surface area contributed by atoms with Gasteiger partial charge in [-0.2, -0.15) is 0 Å². The SMILES string of the molecule is O=C(CC1CCCCN1)c1cccc(Cl)c1Cl. The Bertz CT molecular complexity index is 414. The lowest BCUT2D eigenvalue weighted by atomic mass is 9.97. The highest BCUT2D eigenvalue weighted by molar-refractivity contribution is 6.43. The Balaban J connectivity index is 2.06. The summed E-state index contributed by atoms with van der Waals surface area (Å²) in [7, 11) is 0. The lowest BCUT2D eigenvalue weighted by Gasteiger charge is -2.22.